The van der Waals surface area contributed by atoms with Gasteiger partial charge in [-0.05, 0) is 30.2 Å². The maximum Gasteiger partial charge on any atom is 0.249 e. The van der Waals surface area contributed by atoms with Crippen LogP contribution in [0.3, 0.4) is 0 Å². The quantitative estimate of drug-likeness (QED) is 0.450. The highest BCUT2D eigenvalue weighted by molar-refractivity contribution is 5.96. The number of nitrogens with zero attached hydrogens (tertiary/aromatic N) is 1. The number of methoxy groups -OCH3 is 2. The SMILES string of the molecule is COCC(=O)N(CCc1ccccc1OC)C1C=C(C(=O)NCCO)C2c3ccccc3OC2C1O. The third-order valence-corrected chi connectivity index (χ3v) is 6.64. The van der Waals surface area contributed by atoms with Gasteiger partial charge in [-0.3, -0.25) is 9.59 Å². The van der Waals surface area contributed by atoms with Crippen molar-refractivity contribution in [1.29, 1.82) is 0 Å². The highest BCUT2D eigenvalue weighted by Gasteiger charge is 2.50. The van der Waals surface area contributed by atoms with Crippen molar-refractivity contribution in [1.82, 2.24) is 10.2 Å². The number of hydrogen-bond acceptors (Lipinski definition) is 7. The fraction of sp³-hybridized carbons (Fsp3) is 0.407. The molecule has 0 saturated carbocycles. The van der Waals surface area contributed by atoms with Crippen molar-refractivity contribution in [3.05, 3.63) is 71.3 Å². The predicted octanol–water partition coefficient (Wildman–Crippen LogP) is 1.04. The molecule has 0 saturated heterocycles. The van der Waals surface area contributed by atoms with Crippen LogP contribution < -0.4 is 14.8 Å². The van der Waals surface area contributed by atoms with Crippen LogP contribution >= 0.6 is 0 Å². The van der Waals surface area contributed by atoms with E-state index in [4.69, 9.17) is 14.2 Å². The molecular formula is C27H32N2O7. The number of aliphatic hydroxyl groups is 2. The minimum Gasteiger partial charge on any atom is -0.496 e. The Morgan fingerprint density at radius 1 is 1.11 bits per heavy atom. The van der Waals surface area contributed by atoms with Gasteiger partial charge in [0.2, 0.25) is 11.8 Å². The third kappa shape index (κ3) is 5.09. The first-order valence-corrected chi connectivity index (χ1v) is 11.9. The largest absolute Gasteiger partial charge is 0.496 e. The van der Waals surface area contributed by atoms with E-state index in [1.807, 2.05) is 42.5 Å². The van der Waals surface area contributed by atoms with Crippen molar-refractivity contribution in [2.45, 2.75) is 30.6 Å². The van der Waals surface area contributed by atoms with Crippen molar-refractivity contribution in [3.8, 4) is 11.5 Å². The van der Waals surface area contributed by atoms with E-state index < -0.39 is 24.2 Å². The molecule has 0 aromatic heterocycles. The highest BCUT2D eigenvalue weighted by atomic mass is 16.5. The van der Waals surface area contributed by atoms with Gasteiger partial charge in [-0.1, -0.05) is 36.4 Å². The summed E-state index contributed by atoms with van der Waals surface area (Å²) in [5, 5.41) is 23.4. The molecule has 0 spiro atoms. The molecule has 4 atom stereocenters. The molecule has 0 bridgehead atoms. The normalized spacial score (nSPS) is 22.1. The smallest absolute Gasteiger partial charge is 0.249 e. The maximum absolute atomic E-state index is 13.2. The Bertz CT molecular complexity index is 1120. The molecule has 0 radical (unpaired) electrons. The lowest BCUT2D eigenvalue weighted by molar-refractivity contribution is -0.141. The zero-order valence-electron chi connectivity index (χ0n) is 20.4. The van der Waals surface area contributed by atoms with Gasteiger partial charge in [0.25, 0.3) is 0 Å². The van der Waals surface area contributed by atoms with Gasteiger partial charge in [-0.2, -0.15) is 0 Å². The lowest BCUT2D eigenvalue weighted by Crippen LogP contribution is -2.56. The van der Waals surface area contributed by atoms with Gasteiger partial charge in [-0.15, -0.1) is 0 Å². The number of aliphatic hydroxyl groups excluding tert-OH is 2. The van der Waals surface area contributed by atoms with Crippen LogP contribution in [-0.2, 0) is 20.7 Å². The third-order valence-electron chi connectivity index (χ3n) is 6.64. The zero-order valence-corrected chi connectivity index (χ0v) is 20.4. The van der Waals surface area contributed by atoms with Crippen molar-refractivity contribution in [3.63, 3.8) is 0 Å². The molecule has 2 aliphatic rings. The van der Waals surface area contributed by atoms with E-state index in [1.165, 1.54) is 12.0 Å². The van der Waals surface area contributed by atoms with Gasteiger partial charge >= 0.3 is 0 Å². The molecular weight excluding hydrogens is 464 g/mol. The molecule has 2 aromatic rings. The van der Waals surface area contributed by atoms with E-state index in [2.05, 4.69) is 5.32 Å². The van der Waals surface area contributed by atoms with Crippen molar-refractivity contribution < 1.29 is 34.0 Å². The number of fused-ring (bicyclic) bond motifs is 3. The number of benzene rings is 2. The number of amides is 2. The fourth-order valence-electron chi connectivity index (χ4n) is 4.99. The zero-order chi connectivity index (χ0) is 25.7. The summed E-state index contributed by atoms with van der Waals surface area (Å²) in [6, 6.07) is 14.1. The molecule has 2 aromatic carbocycles. The van der Waals surface area contributed by atoms with E-state index in [1.54, 1.807) is 19.3 Å². The number of hydrogen-bond donors (Lipinski definition) is 3. The average Bonchev–Trinajstić information content (AvgIpc) is 3.29. The summed E-state index contributed by atoms with van der Waals surface area (Å²) in [6.45, 7) is -0.0338. The Kier molecular flexibility index (Phi) is 8.25. The Morgan fingerprint density at radius 3 is 2.61 bits per heavy atom. The van der Waals surface area contributed by atoms with Crippen LogP contribution in [0.2, 0.25) is 0 Å². The number of para-hydroxylation sites is 2. The first-order valence-electron chi connectivity index (χ1n) is 11.9. The molecule has 4 rings (SSSR count). The Balaban J connectivity index is 1.70. The van der Waals surface area contributed by atoms with Crippen molar-refractivity contribution >= 4 is 11.8 Å². The maximum atomic E-state index is 13.2. The van der Waals surface area contributed by atoms with Gasteiger partial charge in [-0.25, -0.2) is 0 Å². The number of carbonyl (C=O) groups excluding carboxylic acids is 2. The topological polar surface area (TPSA) is 118 Å². The minimum atomic E-state index is -1.09. The molecule has 1 aliphatic heterocycles. The van der Waals surface area contributed by atoms with Gasteiger partial charge in [0, 0.05) is 31.3 Å². The summed E-state index contributed by atoms with van der Waals surface area (Å²) in [6.07, 6.45) is 0.281. The molecule has 2 amide bonds. The summed E-state index contributed by atoms with van der Waals surface area (Å²) in [5.74, 6) is 0.101. The van der Waals surface area contributed by atoms with Crippen LogP contribution in [0.15, 0.2) is 60.2 Å². The number of nitrogens with one attached hydrogen (secondary N) is 1. The van der Waals surface area contributed by atoms with Crippen LogP contribution in [0.1, 0.15) is 17.0 Å². The van der Waals surface area contributed by atoms with E-state index in [9.17, 15) is 19.8 Å². The van der Waals surface area contributed by atoms with E-state index >= 15 is 0 Å². The van der Waals surface area contributed by atoms with Crippen LogP contribution in [-0.4, -0.2) is 85.7 Å². The lowest BCUT2D eigenvalue weighted by atomic mass is 9.77. The summed E-state index contributed by atoms with van der Waals surface area (Å²) < 4.78 is 16.7. The van der Waals surface area contributed by atoms with E-state index in [-0.39, 0.29) is 38.1 Å². The standard InChI is InChI=1S/C27H32N2O7/c1-34-16-23(31)29(13-11-17-7-3-5-9-21(17)35-2)20-15-19(27(33)28-12-14-30)24-18-8-4-6-10-22(18)36-26(24)25(20)32/h3-10,15,20,24-26,30,32H,11-14,16H2,1-2H3,(H,28,33). The second-order valence-corrected chi connectivity index (χ2v) is 8.76. The van der Waals surface area contributed by atoms with Crippen LogP contribution in [0.4, 0.5) is 0 Å². The first-order chi connectivity index (χ1) is 17.5. The lowest BCUT2D eigenvalue weighted by Gasteiger charge is -2.40. The number of carbonyl (C=O) groups is 2. The number of ether oxygens (including phenoxy) is 3. The van der Waals surface area contributed by atoms with Crippen molar-refractivity contribution in [2.24, 2.45) is 0 Å². The second-order valence-electron chi connectivity index (χ2n) is 8.76. The predicted molar refractivity (Wildman–Crippen MR) is 132 cm³/mol. The monoisotopic (exact) mass is 496 g/mol. The molecule has 1 heterocycles. The van der Waals surface area contributed by atoms with Gasteiger partial charge in [0.15, 0.2) is 0 Å². The van der Waals surface area contributed by atoms with Crippen LogP contribution in [0, 0.1) is 0 Å². The Labute approximate surface area is 210 Å². The summed E-state index contributed by atoms with van der Waals surface area (Å²) in [4.78, 5) is 27.9. The molecule has 1 aliphatic carbocycles. The first kappa shape index (κ1) is 25.7. The van der Waals surface area contributed by atoms with Gasteiger partial charge < -0.3 is 34.6 Å². The minimum absolute atomic E-state index is 0.0867. The molecule has 36 heavy (non-hydrogen) atoms. The summed E-state index contributed by atoms with van der Waals surface area (Å²) in [7, 11) is 3.02. The Morgan fingerprint density at radius 2 is 1.86 bits per heavy atom. The average molecular weight is 497 g/mol. The van der Waals surface area contributed by atoms with Crippen LogP contribution in [0.5, 0.6) is 11.5 Å². The fourth-order valence-corrected chi connectivity index (χ4v) is 4.99. The highest BCUT2D eigenvalue weighted by Crippen LogP contribution is 2.47. The number of rotatable bonds is 10. The molecule has 0 fully saturated rings. The second kappa shape index (κ2) is 11.6. The molecule has 9 nitrogen and oxygen atoms in total. The molecule has 192 valence electrons. The molecule has 9 heteroatoms. The molecule has 4 unspecified atom stereocenters. The van der Waals surface area contributed by atoms with Gasteiger partial charge in [0.1, 0.15) is 30.3 Å². The van der Waals surface area contributed by atoms with Gasteiger partial charge in [0.05, 0.1) is 25.7 Å². The molecule has 3 N–H and O–H groups in total. The van der Waals surface area contributed by atoms with Crippen LogP contribution in [0.25, 0.3) is 0 Å². The summed E-state index contributed by atoms with van der Waals surface area (Å²) in [5.41, 5.74) is 2.10. The Hall–Kier alpha value is -3.40. The van der Waals surface area contributed by atoms with Crippen molar-refractivity contribution in [2.75, 3.05) is 40.5 Å². The van der Waals surface area contributed by atoms with E-state index in [0.717, 1.165) is 11.1 Å². The summed E-state index contributed by atoms with van der Waals surface area (Å²) >= 11 is 0. The van der Waals surface area contributed by atoms with E-state index in [0.29, 0.717) is 23.5 Å².